The van der Waals surface area contributed by atoms with Gasteiger partial charge in [0.15, 0.2) is 5.65 Å². The van der Waals surface area contributed by atoms with E-state index in [-0.39, 0.29) is 30.7 Å². The number of para-hydroxylation sites is 1. The summed E-state index contributed by atoms with van der Waals surface area (Å²) in [5.41, 5.74) is 1.59. The molecule has 2 aromatic carbocycles. The van der Waals surface area contributed by atoms with Crippen molar-refractivity contribution in [3.8, 4) is 0 Å². The van der Waals surface area contributed by atoms with Crippen LogP contribution in [0.5, 0.6) is 0 Å². The Morgan fingerprint density at radius 3 is 2.59 bits per heavy atom. The van der Waals surface area contributed by atoms with Gasteiger partial charge in [0.2, 0.25) is 5.91 Å². The van der Waals surface area contributed by atoms with Gasteiger partial charge in [-0.1, -0.05) is 38.1 Å². The molecule has 29 heavy (non-hydrogen) atoms. The minimum atomic E-state index is -0.404. The van der Waals surface area contributed by atoms with Crippen molar-refractivity contribution in [2.75, 3.05) is 0 Å². The number of amides is 1. The lowest BCUT2D eigenvalue weighted by molar-refractivity contribution is -0.122. The molecule has 4 rings (SSSR count). The van der Waals surface area contributed by atoms with Crippen LogP contribution in [-0.2, 0) is 17.9 Å². The van der Waals surface area contributed by atoms with E-state index in [1.807, 2.05) is 38.1 Å². The third kappa shape index (κ3) is 3.61. The SMILES string of the molecule is CC(C)c1nc2ccccc2c2nn(CC(=O)NCc3ccc(F)cc3)c(=O)n12. The Labute approximate surface area is 165 Å². The molecule has 2 aromatic heterocycles. The van der Waals surface area contributed by atoms with E-state index in [2.05, 4.69) is 15.4 Å². The molecule has 0 saturated heterocycles. The number of rotatable bonds is 5. The molecule has 4 aromatic rings. The van der Waals surface area contributed by atoms with Crippen LogP contribution in [0.3, 0.4) is 0 Å². The minimum absolute atomic E-state index is 0.00441. The Bertz CT molecular complexity index is 1260. The second kappa shape index (κ2) is 7.46. The van der Waals surface area contributed by atoms with E-state index >= 15 is 0 Å². The molecule has 148 valence electrons. The zero-order valence-corrected chi connectivity index (χ0v) is 16.1. The van der Waals surface area contributed by atoms with Crippen molar-refractivity contribution >= 4 is 22.5 Å². The number of hydrogen-bond acceptors (Lipinski definition) is 4. The molecule has 0 aliphatic heterocycles. The van der Waals surface area contributed by atoms with Gasteiger partial charge in [-0.05, 0) is 29.8 Å². The first-order valence-electron chi connectivity index (χ1n) is 9.33. The van der Waals surface area contributed by atoms with Crippen molar-refractivity contribution < 1.29 is 9.18 Å². The van der Waals surface area contributed by atoms with Crippen molar-refractivity contribution in [3.05, 3.63) is 76.2 Å². The lowest BCUT2D eigenvalue weighted by atomic mass is 10.2. The van der Waals surface area contributed by atoms with E-state index in [1.165, 1.54) is 16.5 Å². The summed E-state index contributed by atoms with van der Waals surface area (Å²) < 4.78 is 15.6. The molecular weight excluding hydrogens is 373 g/mol. The molecule has 1 N–H and O–H groups in total. The Hall–Kier alpha value is -3.55. The number of carbonyl (C=O) groups is 1. The summed E-state index contributed by atoms with van der Waals surface area (Å²) in [4.78, 5) is 29.9. The maximum atomic E-state index is 13.0. The average Bonchev–Trinajstić information content (AvgIpc) is 3.03. The van der Waals surface area contributed by atoms with Gasteiger partial charge in [0.25, 0.3) is 0 Å². The summed E-state index contributed by atoms with van der Waals surface area (Å²) in [6.45, 7) is 3.93. The van der Waals surface area contributed by atoms with Crippen LogP contribution in [0, 0.1) is 5.82 Å². The van der Waals surface area contributed by atoms with Crippen molar-refractivity contribution in [2.45, 2.75) is 32.9 Å². The fourth-order valence-electron chi connectivity index (χ4n) is 3.21. The third-order valence-electron chi connectivity index (χ3n) is 4.66. The maximum Gasteiger partial charge on any atom is 0.352 e. The topological polar surface area (TPSA) is 81.3 Å². The number of carbonyl (C=O) groups excluding carboxylic acids is 1. The molecule has 1 amide bonds. The summed E-state index contributed by atoms with van der Waals surface area (Å²) >= 11 is 0. The van der Waals surface area contributed by atoms with Crippen LogP contribution in [-0.4, -0.2) is 25.1 Å². The number of aromatic nitrogens is 4. The summed E-state index contributed by atoms with van der Waals surface area (Å²) in [7, 11) is 0. The number of hydrogen-bond donors (Lipinski definition) is 1. The summed E-state index contributed by atoms with van der Waals surface area (Å²) in [5, 5.41) is 7.88. The Kier molecular flexibility index (Phi) is 4.84. The zero-order valence-electron chi connectivity index (χ0n) is 16.1. The number of nitrogens with zero attached hydrogens (tertiary/aromatic N) is 4. The van der Waals surface area contributed by atoms with Gasteiger partial charge in [0.1, 0.15) is 18.2 Å². The van der Waals surface area contributed by atoms with Gasteiger partial charge in [-0.25, -0.2) is 23.3 Å². The molecular formula is C21H20FN5O2. The molecule has 8 heteroatoms. The monoisotopic (exact) mass is 393 g/mol. The molecule has 0 radical (unpaired) electrons. The van der Waals surface area contributed by atoms with Gasteiger partial charge in [-0.2, -0.15) is 0 Å². The van der Waals surface area contributed by atoms with E-state index in [0.29, 0.717) is 11.5 Å². The highest BCUT2D eigenvalue weighted by Gasteiger charge is 2.18. The largest absolute Gasteiger partial charge is 0.352 e. The van der Waals surface area contributed by atoms with Crippen LogP contribution in [0.15, 0.2) is 53.3 Å². The van der Waals surface area contributed by atoms with E-state index in [4.69, 9.17) is 0 Å². The normalized spacial score (nSPS) is 11.4. The second-order valence-electron chi connectivity index (χ2n) is 7.14. The minimum Gasteiger partial charge on any atom is -0.350 e. The molecule has 0 aliphatic rings. The molecule has 0 unspecified atom stereocenters. The summed E-state index contributed by atoms with van der Waals surface area (Å²) in [6.07, 6.45) is 0. The lowest BCUT2D eigenvalue weighted by Crippen LogP contribution is -2.33. The van der Waals surface area contributed by atoms with Gasteiger partial charge >= 0.3 is 5.69 Å². The smallest absolute Gasteiger partial charge is 0.350 e. The van der Waals surface area contributed by atoms with Crippen LogP contribution in [0.4, 0.5) is 4.39 Å². The fraction of sp³-hybridized carbons (Fsp3) is 0.238. The molecule has 0 spiro atoms. The summed E-state index contributed by atoms with van der Waals surface area (Å²) in [5.74, 6) is -0.0901. The molecule has 0 atom stereocenters. The van der Waals surface area contributed by atoms with Crippen LogP contribution in [0.1, 0.15) is 31.2 Å². The predicted octanol–water partition coefficient (Wildman–Crippen LogP) is 2.62. The highest BCUT2D eigenvalue weighted by Crippen LogP contribution is 2.20. The van der Waals surface area contributed by atoms with Gasteiger partial charge in [-0.15, -0.1) is 5.10 Å². The Balaban J connectivity index is 1.65. The number of benzene rings is 2. The number of nitrogens with one attached hydrogen (secondary N) is 1. The first kappa shape index (κ1) is 18.8. The highest BCUT2D eigenvalue weighted by atomic mass is 19.1. The number of fused-ring (bicyclic) bond motifs is 3. The van der Waals surface area contributed by atoms with Crippen LogP contribution >= 0.6 is 0 Å². The fourth-order valence-corrected chi connectivity index (χ4v) is 3.21. The Morgan fingerprint density at radius 1 is 1.14 bits per heavy atom. The number of halogens is 1. The van der Waals surface area contributed by atoms with Crippen molar-refractivity contribution in [2.24, 2.45) is 0 Å². The van der Waals surface area contributed by atoms with E-state index in [1.54, 1.807) is 12.1 Å². The standard InChI is InChI=1S/C21H20FN5O2/c1-13(2)19-24-17-6-4-3-5-16(17)20-25-26(21(29)27(19)20)12-18(28)23-11-14-7-9-15(22)10-8-14/h3-10,13H,11-12H2,1-2H3,(H,23,28). The molecule has 0 saturated carbocycles. The Morgan fingerprint density at radius 2 is 1.86 bits per heavy atom. The first-order valence-corrected chi connectivity index (χ1v) is 9.33. The van der Waals surface area contributed by atoms with Gasteiger partial charge in [0, 0.05) is 17.8 Å². The van der Waals surface area contributed by atoms with Gasteiger partial charge in [0.05, 0.1) is 5.52 Å². The van der Waals surface area contributed by atoms with Crippen molar-refractivity contribution in [1.29, 1.82) is 0 Å². The van der Waals surface area contributed by atoms with Crippen LogP contribution < -0.4 is 11.0 Å². The maximum absolute atomic E-state index is 13.0. The molecule has 0 fully saturated rings. The van der Waals surface area contributed by atoms with E-state index < -0.39 is 5.69 Å². The zero-order chi connectivity index (χ0) is 20.5. The van der Waals surface area contributed by atoms with Crippen LogP contribution in [0.25, 0.3) is 16.6 Å². The van der Waals surface area contributed by atoms with E-state index in [0.717, 1.165) is 21.1 Å². The predicted molar refractivity (Wildman–Crippen MR) is 107 cm³/mol. The lowest BCUT2D eigenvalue weighted by Gasteiger charge is -2.08. The summed E-state index contributed by atoms with van der Waals surface area (Å²) in [6, 6.07) is 13.3. The molecule has 0 bridgehead atoms. The average molecular weight is 393 g/mol. The van der Waals surface area contributed by atoms with Crippen molar-refractivity contribution in [3.63, 3.8) is 0 Å². The quantitative estimate of drug-likeness (QED) is 0.565. The molecule has 2 heterocycles. The van der Waals surface area contributed by atoms with Crippen molar-refractivity contribution in [1.82, 2.24) is 24.5 Å². The molecule has 7 nitrogen and oxygen atoms in total. The molecule has 0 aliphatic carbocycles. The van der Waals surface area contributed by atoms with Crippen LogP contribution in [0.2, 0.25) is 0 Å². The second-order valence-corrected chi connectivity index (χ2v) is 7.14. The van der Waals surface area contributed by atoms with E-state index in [9.17, 15) is 14.0 Å². The third-order valence-corrected chi connectivity index (χ3v) is 4.66. The van der Waals surface area contributed by atoms with Gasteiger partial charge in [-0.3, -0.25) is 4.79 Å². The first-order chi connectivity index (χ1) is 13.9. The van der Waals surface area contributed by atoms with Gasteiger partial charge < -0.3 is 5.32 Å². The highest BCUT2D eigenvalue weighted by molar-refractivity contribution is 5.91.